The van der Waals surface area contributed by atoms with Crippen molar-refractivity contribution >= 4 is 11.8 Å². The highest BCUT2D eigenvalue weighted by Crippen LogP contribution is 2.24. The first-order valence-electron chi connectivity index (χ1n) is 6.89. The van der Waals surface area contributed by atoms with Crippen LogP contribution in [0.25, 0.3) is 0 Å². The summed E-state index contributed by atoms with van der Waals surface area (Å²) >= 11 is 1.62. The van der Waals surface area contributed by atoms with E-state index in [4.69, 9.17) is 4.74 Å². The maximum Gasteiger partial charge on any atom is 0.119 e. The van der Waals surface area contributed by atoms with Crippen molar-refractivity contribution in [3.8, 4) is 11.8 Å². The highest BCUT2D eigenvalue weighted by Gasteiger charge is 2.08. The van der Waals surface area contributed by atoms with Gasteiger partial charge in [0.1, 0.15) is 16.8 Å². The molecule has 0 N–H and O–H groups in total. The van der Waals surface area contributed by atoms with Gasteiger partial charge in [-0.1, -0.05) is 18.2 Å². The van der Waals surface area contributed by atoms with Crippen LogP contribution in [0.15, 0.2) is 41.4 Å². The van der Waals surface area contributed by atoms with Gasteiger partial charge in [0, 0.05) is 11.4 Å². The van der Waals surface area contributed by atoms with Crippen LogP contribution in [0.5, 0.6) is 5.75 Å². The first-order valence-corrected chi connectivity index (χ1v) is 7.88. The Morgan fingerprint density at radius 2 is 2.00 bits per heavy atom. The number of aryl methyl sites for hydroxylation is 2. The molecule has 0 bridgehead atoms. The van der Waals surface area contributed by atoms with Gasteiger partial charge in [-0.25, -0.2) is 4.98 Å². The van der Waals surface area contributed by atoms with Gasteiger partial charge in [-0.2, -0.15) is 5.26 Å². The normalized spacial score (nSPS) is 10.1. The molecule has 1 aromatic carbocycles. The highest BCUT2D eigenvalue weighted by atomic mass is 32.2. The van der Waals surface area contributed by atoms with Crippen LogP contribution in [0.3, 0.4) is 0 Å². The number of hydrogen-bond donors (Lipinski definition) is 0. The maximum atomic E-state index is 9.21. The molecule has 0 unspecified atom stereocenters. The van der Waals surface area contributed by atoms with E-state index in [1.54, 1.807) is 11.8 Å². The van der Waals surface area contributed by atoms with Gasteiger partial charge in [0.25, 0.3) is 0 Å². The Labute approximate surface area is 130 Å². The number of ether oxygens (including phenoxy) is 1. The predicted molar refractivity (Wildman–Crippen MR) is 85.7 cm³/mol. The van der Waals surface area contributed by atoms with Crippen LogP contribution in [0.1, 0.15) is 23.2 Å². The molecule has 0 fully saturated rings. The largest absolute Gasteiger partial charge is 0.494 e. The van der Waals surface area contributed by atoms with E-state index in [0.29, 0.717) is 12.2 Å². The van der Waals surface area contributed by atoms with Gasteiger partial charge in [0.05, 0.1) is 12.2 Å². The number of thioether (sulfide) groups is 1. The van der Waals surface area contributed by atoms with E-state index in [-0.39, 0.29) is 0 Å². The van der Waals surface area contributed by atoms with Gasteiger partial charge < -0.3 is 4.74 Å². The van der Waals surface area contributed by atoms with Crippen molar-refractivity contribution in [3.63, 3.8) is 0 Å². The van der Waals surface area contributed by atoms with Gasteiger partial charge in [0.15, 0.2) is 0 Å². The zero-order valence-corrected chi connectivity index (χ0v) is 13.1. The van der Waals surface area contributed by atoms with Crippen LogP contribution < -0.4 is 4.74 Å². The van der Waals surface area contributed by atoms with Crippen LogP contribution in [0.2, 0.25) is 0 Å². The van der Waals surface area contributed by atoms with Gasteiger partial charge in [-0.3, -0.25) is 0 Å². The van der Waals surface area contributed by atoms with Crippen molar-refractivity contribution in [2.45, 2.75) is 25.3 Å². The van der Waals surface area contributed by atoms with E-state index >= 15 is 0 Å². The number of rotatable bonds is 6. The van der Waals surface area contributed by atoms with Crippen molar-refractivity contribution in [1.82, 2.24) is 4.98 Å². The Bertz CT molecular complexity index is 635. The summed E-state index contributed by atoms with van der Waals surface area (Å²) in [6.07, 6.45) is 0.916. The Hall–Kier alpha value is -1.99. The smallest absolute Gasteiger partial charge is 0.119 e. The number of pyridine rings is 1. The molecule has 1 heterocycles. The molecule has 4 heteroatoms. The molecule has 0 saturated heterocycles. The highest BCUT2D eigenvalue weighted by molar-refractivity contribution is 7.99. The van der Waals surface area contributed by atoms with Crippen LogP contribution in [-0.2, 0) is 0 Å². The van der Waals surface area contributed by atoms with Gasteiger partial charge >= 0.3 is 0 Å². The first kappa shape index (κ1) is 15.4. The summed E-state index contributed by atoms with van der Waals surface area (Å²) in [5.74, 6) is 1.78. The average molecular weight is 298 g/mol. The molecule has 0 atom stereocenters. The van der Waals surface area contributed by atoms with Crippen LogP contribution >= 0.6 is 11.8 Å². The second-order valence-electron chi connectivity index (χ2n) is 4.74. The Morgan fingerprint density at radius 3 is 2.71 bits per heavy atom. The Morgan fingerprint density at radius 1 is 1.24 bits per heavy atom. The van der Waals surface area contributed by atoms with E-state index in [9.17, 15) is 5.26 Å². The standard InChI is InChI=1S/C17H18N2OS/c1-13-11-14(2)19-17(16(13)12-18)21-10-6-9-20-15-7-4-3-5-8-15/h3-5,7-8,11H,6,9-10H2,1-2H3. The summed E-state index contributed by atoms with van der Waals surface area (Å²) in [6, 6.07) is 14.0. The molecular weight excluding hydrogens is 280 g/mol. The Kier molecular flexibility index (Phi) is 5.65. The second-order valence-corrected chi connectivity index (χ2v) is 5.82. The molecule has 0 aliphatic rings. The van der Waals surface area contributed by atoms with Crippen LogP contribution in [-0.4, -0.2) is 17.3 Å². The molecule has 108 valence electrons. The Balaban J connectivity index is 1.83. The lowest BCUT2D eigenvalue weighted by Gasteiger charge is -2.08. The second kappa shape index (κ2) is 7.70. The molecule has 1 aromatic heterocycles. The van der Waals surface area contributed by atoms with Crippen LogP contribution in [0, 0.1) is 25.2 Å². The number of para-hydroxylation sites is 1. The van der Waals surface area contributed by atoms with Crippen molar-refractivity contribution in [2.75, 3.05) is 12.4 Å². The fourth-order valence-corrected chi connectivity index (χ4v) is 2.99. The lowest BCUT2D eigenvalue weighted by Crippen LogP contribution is -2.00. The fraction of sp³-hybridized carbons (Fsp3) is 0.294. The number of nitrogens with zero attached hydrogens (tertiary/aromatic N) is 2. The molecule has 2 rings (SSSR count). The number of nitriles is 1. The van der Waals surface area contributed by atoms with E-state index in [1.165, 1.54) is 0 Å². The monoisotopic (exact) mass is 298 g/mol. The van der Waals surface area contributed by atoms with Crippen molar-refractivity contribution in [1.29, 1.82) is 5.26 Å². The molecule has 0 radical (unpaired) electrons. The minimum absolute atomic E-state index is 0.670. The third kappa shape index (κ3) is 4.51. The zero-order valence-electron chi connectivity index (χ0n) is 12.3. The summed E-state index contributed by atoms with van der Waals surface area (Å²) in [6.45, 7) is 4.58. The minimum atomic E-state index is 0.670. The molecular formula is C17H18N2OS. The molecule has 2 aromatic rings. The van der Waals surface area contributed by atoms with Crippen LogP contribution in [0.4, 0.5) is 0 Å². The van der Waals surface area contributed by atoms with Crippen molar-refractivity contribution < 1.29 is 4.74 Å². The first-order chi connectivity index (χ1) is 10.2. The van der Waals surface area contributed by atoms with Crippen molar-refractivity contribution in [3.05, 3.63) is 53.2 Å². The van der Waals surface area contributed by atoms with E-state index < -0.39 is 0 Å². The van der Waals surface area contributed by atoms with E-state index in [2.05, 4.69) is 11.1 Å². The molecule has 0 aliphatic heterocycles. The molecule has 0 aliphatic carbocycles. The number of hydrogen-bond acceptors (Lipinski definition) is 4. The third-order valence-electron chi connectivity index (χ3n) is 2.96. The third-order valence-corrected chi connectivity index (χ3v) is 4.02. The lowest BCUT2D eigenvalue weighted by atomic mass is 10.1. The van der Waals surface area contributed by atoms with Gasteiger partial charge in [-0.15, -0.1) is 11.8 Å². The summed E-state index contributed by atoms with van der Waals surface area (Å²) in [4.78, 5) is 4.46. The van der Waals surface area contributed by atoms with Crippen molar-refractivity contribution in [2.24, 2.45) is 0 Å². The quantitative estimate of drug-likeness (QED) is 0.594. The topological polar surface area (TPSA) is 45.9 Å². The summed E-state index contributed by atoms with van der Waals surface area (Å²) in [7, 11) is 0. The summed E-state index contributed by atoms with van der Waals surface area (Å²) in [5.41, 5.74) is 2.64. The zero-order chi connectivity index (χ0) is 15.1. The average Bonchev–Trinajstić information content (AvgIpc) is 2.47. The number of benzene rings is 1. The maximum absolute atomic E-state index is 9.21. The molecule has 0 amide bonds. The fourth-order valence-electron chi connectivity index (χ4n) is 1.98. The SMILES string of the molecule is Cc1cc(C)c(C#N)c(SCCCOc2ccccc2)n1. The molecule has 0 spiro atoms. The van der Waals surface area contributed by atoms with E-state index in [0.717, 1.165) is 34.2 Å². The lowest BCUT2D eigenvalue weighted by molar-refractivity contribution is 0.318. The summed E-state index contributed by atoms with van der Waals surface area (Å²) in [5, 5.41) is 10.0. The van der Waals surface area contributed by atoms with E-state index in [1.807, 2.05) is 50.2 Å². The minimum Gasteiger partial charge on any atom is -0.494 e. The molecule has 3 nitrogen and oxygen atoms in total. The van der Waals surface area contributed by atoms with Gasteiger partial charge in [-0.05, 0) is 44.0 Å². The molecule has 21 heavy (non-hydrogen) atoms. The predicted octanol–water partition coefficient (Wildman–Crippen LogP) is 4.13. The molecule has 0 saturated carbocycles. The summed E-state index contributed by atoms with van der Waals surface area (Å²) < 4.78 is 5.65. The number of aromatic nitrogens is 1. The van der Waals surface area contributed by atoms with Gasteiger partial charge in [0.2, 0.25) is 0 Å².